The number of hydrogen-bond donors (Lipinski definition) is 1. The van der Waals surface area contributed by atoms with Crippen molar-refractivity contribution in [2.75, 3.05) is 31.5 Å². The van der Waals surface area contributed by atoms with Crippen molar-refractivity contribution in [3.63, 3.8) is 0 Å². The van der Waals surface area contributed by atoms with Crippen LogP contribution in [0, 0.1) is 17.8 Å². The molecule has 2 aliphatic heterocycles. The number of fused-ring (bicyclic) bond motifs is 2. The molecule has 3 heterocycles. The van der Waals surface area contributed by atoms with Gasteiger partial charge in [-0.25, -0.2) is 4.79 Å². The molecule has 2 bridgehead atoms. The number of hydrogen-bond acceptors (Lipinski definition) is 3. The van der Waals surface area contributed by atoms with Gasteiger partial charge in [0.2, 0.25) is 5.91 Å². The second-order valence-corrected chi connectivity index (χ2v) is 11.2. The number of nitrogens with one attached hydrogen (secondary N) is 1. The molecule has 6 heteroatoms. The van der Waals surface area contributed by atoms with Crippen LogP contribution in [0.4, 0.5) is 10.5 Å². The highest BCUT2D eigenvalue weighted by atomic mass is 16.2. The Kier molecular flexibility index (Phi) is 6.21. The van der Waals surface area contributed by atoms with Gasteiger partial charge in [-0.1, -0.05) is 24.6 Å². The Morgan fingerprint density at radius 1 is 0.886 bits per heavy atom. The lowest BCUT2D eigenvalue weighted by Gasteiger charge is -2.39. The first-order valence-electron chi connectivity index (χ1n) is 13.5. The summed E-state index contributed by atoms with van der Waals surface area (Å²) in [5.41, 5.74) is 3.34. The van der Waals surface area contributed by atoms with Crippen molar-refractivity contribution >= 4 is 17.6 Å². The van der Waals surface area contributed by atoms with E-state index in [2.05, 4.69) is 33.4 Å². The molecule has 6 rings (SSSR count). The minimum atomic E-state index is -0.0415. The number of pyridine rings is 1. The third-order valence-corrected chi connectivity index (χ3v) is 9.13. The first-order chi connectivity index (χ1) is 17.1. The average Bonchev–Trinajstić information content (AvgIpc) is 3.48. The number of benzene rings is 1. The highest BCUT2D eigenvalue weighted by Gasteiger charge is 2.41. The predicted octanol–water partition coefficient (Wildman–Crippen LogP) is 5.25. The van der Waals surface area contributed by atoms with Crippen molar-refractivity contribution in [2.45, 2.75) is 56.8 Å². The minimum Gasteiger partial charge on any atom is -0.343 e. The van der Waals surface area contributed by atoms with Crippen LogP contribution in [0.2, 0.25) is 0 Å². The molecule has 0 radical (unpaired) electrons. The molecule has 2 saturated heterocycles. The van der Waals surface area contributed by atoms with Crippen molar-refractivity contribution in [3.8, 4) is 0 Å². The molecule has 3 atom stereocenters. The van der Waals surface area contributed by atoms with E-state index in [1.54, 1.807) is 6.20 Å². The SMILES string of the molecule is O=C(CC1C[C@@H]2CCC1C2)N1CCC(c2ccc(NC(=O)N3CC(c4cccnc4)C3)cc2)CC1. The van der Waals surface area contributed by atoms with Crippen LogP contribution in [0.15, 0.2) is 48.8 Å². The van der Waals surface area contributed by atoms with Gasteiger partial charge >= 0.3 is 6.03 Å². The van der Waals surface area contributed by atoms with Gasteiger partial charge in [-0.3, -0.25) is 9.78 Å². The standard InChI is InChI=1S/C29H36N4O2/c34-28(16-25-15-20-3-4-23(25)14-20)32-12-9-22(10-13-32)21-5-7-27(8-6-21)31-29(35)33-18-26(19-33)24-2-1-11-30-17-24/h1-2,5-8,11,17,20,22-23,25-26H,3-4,9-10,12-16,18-19H2,(H,31,35)/t20-,23?,25?/m1/s1. The zero-order valence-corrected chi connectivity index (χ0v) is 20.4. The van der Waals surface area contributed by atoms with Crippen LogP contribution in [-0.2, 0) is 4.79 Å². The molecule has 1 aromatic heterocycles. The predicted molar refractivity (Wildman–Crippen MR) is 136 cm³/mol. The van der Waals surface area contributed by atoms with E-state index in [-0.39, 0.29) is 6.03 Å². The normalized spacial score (nSPS) is 26.6. The summed E-state index contributed by atoms with van der Waals surface area (Å²) in [6, 6.07) is 12.3. The summed E-state index contributed by atoms with van der Waals surface area (Å²) in [4.78, 5) is 33.6. The number of nitrogens with zero attached hydrogens (tertiary/aromatic N) is 3. The van der Waals surface area contributed by atoms with Crippen LogP contribution in [0.25, 0.3) is 0 Å². The largest absolute Gasteiger partial charge is 0.343 e. The lowest BCUT2D eigenvalue weighted by atomic mass is 9.85. The summed E-state index contributed by atoms with van der Waals surface area (Å²) in [7, 11) is 0. The number of urea groups is 1. The average molecular weight is 473 g/mol. The highest BCUT2D eigenvalue weighted by molar-refractivity contribution is 5.90. The highest BCUT2D eigenvalue weighted by Crippen LogP contribution is 2.49. The topological polar surface area (TPSA) is 65.5 Å². The summed E-state index contributed by atoms with van der Waals surface area (Å²) in [5.74, 6) is 3.63. The number of rotatable bonds is 5. The van der Waals surface area contributed by atoms with Gasteiger partial charge in [-0.2, -0.15) is 0 Å². The van der Waals surface area contributed by atoms with Gasteiger partial charge in [0.05, 0.1) is 0 Å². The molecular weight excluding hydrogens is 436 g/mol. The van der Waals surface area contributed by atoms with Crippen LogP contribution in [-0.4, -0.2) is 52.9 Å². The fraction of sp³-hybridized carbons (Fsp3) is 0.552. The summed E-state index contributed by atoms with van der Waals surface area (Å²) >= 11 is 0. The van der Waals surface area contributed by atoms with Gasteiger partial charge in [0.25, 0.3) is 0 Å². The number of piperidine rings is 1. The number of carbonyl (C=O) groups excluding carboxylic acids is 2. The Morgan fingerprint density at radius 2 is 1.69 bits per heavy atom. The fourth-order valence-electron chi connectivity index (χ4n) is 6.96. The molecule has 2 saturated carbocycles. The zero-order valence-electron chi connectivity index (χ0n) is 20.4. The molecule has 0 spiro atoms. The monoisotopic (exact) mass is 472 g/mol. The van der Waals surface area contributed by atoms with Gasteiger partial charge in [-0.05, 0) is 85.1 Å². The Hall–Kier alpha value is -2.89. The molecule has 1 aromatic carbocycles. The van der Waals surface area contributed by atoms with E-state index in [4.69, 9.17) is 0 Å². The summed E-state index contributed by atoms with van der Waals surface area (Å²) in [5, 5.41) is 3.03. The quantitative estimate of drug-likeness (QED) is 0.647. The van der Waals surface area contributed by atoms with E-state index < -0.39 is 0 Å². The van der Waals surface area contributed by atoms with E-state index in [0.29, 0.717) is 23.7 Å². The Bertz CT molecular complexity index is 1040. The summed E-state index contributed by atoms with van der Waals surface area (Å²) in [6.07, 6.45) is 11.9. The van der Waals surface area contributed by atoms with Crippen molar-refractivity contribution in [2.24, 2.45) is 17.8 Å². The van der Waals surface area contributed by atoms with Crippen LogP contribution in [0.1, 0.15) is 67.9 Å². The lowest BCUT2D eigenvalue weighted by molar-refractivity contribution is -0.133. The van der Waals surface area contributed by atoms with E-state index in [1.165, 1.54) is 36.8 Å². The van der Waals surface area contributed by atoms with Crippen molar-refractivity contribution in [1.82, 2.24) is 14.8 Å². The fourth-order valence-corrected chi connectivity index (χ4v) is 6.96. The second kappa shape index (κ2) is 9.63. The van der Waals surface area contributed by atoms with E-state index >= 15 is 0 Å². The maximum Gasteiger partial charge on any atom is 0.321 e. The molecular formula is C29H36N4O2. The molecule has 2 unspecified atom stereocenters. The van der Waals surface area contributed by atoms with Crippen LogP contribution < -0.4 is 5.32 Å². The molecule has 2 aliphatic carbocycles. The van der Waals surface area contributed by atoms with Crippen molar-refractivity contribution < 1.29 is 9.59 Å². The van der Waals surface area contributed by atoms with Crippen LogP contribution in [0.5, 0.6) is 0 Å². The van der Waals surface area contributed by atoms with Crippen molar-refractivity contribution in [3.05, 3.63) is 59.9 Å². The second-order valence-electron chi connectivity index (χ2n) is 11.2. The molecule has 4 fully saturated rings. The van der Waals surface area contributed by atoms with Gasteiger partial charge in [-0.15, -0.1) is 0 Å². The zero-order chi connectivity index (χ0) is 23.8. The van der Waals surface area contributed by atoms with E-state index in [9.17, 15) is 9.59 Å². The van der Waals surface area contributed by atoms with Gasteiger partial charge in [0.15, 0.2) is 0 Å². The van der Waals surface area contributed by atoms with Gasteiger partial charge < -0.3 is 15.1 Å². The molecule has 35 heavy (non-hydrogen) atoms. The maximum atomic E-state index is 12.9. The Morgan fingerprint density at radius 3 is 2.34 bits per heavy atom. The number of likely N-dealkylation sites (tertiary alicyclic amines) is 2. The number of anilines is 1. The van der Waals surface area contributed by atoms with Crippen LogP contribution >= 0.6 is 0 Å². The Balaban J connectivity index is 0.950. The molecule has 4 aliphatic rings. The van der Waals surface area contributed by atoms with Gasteiger partial charge in [0.1, 0.15) is 0 Å². The Labute approximate surface area is 208 Å². The third-order valence-electron chi connectivity index (χ3n) is 9.13. The number of aromatic nitrogens is 1. The van der Waals surface area contributed by atoms with Gasteiger partial charge in [0, 0.05) is 56.6 Å². The molecule has 184 valence electrons. The third kappa shape index (κ3) is 4.80. The first kappa shape index (κ1) is 22.6. The summed E-state index contributed by atoms with van der Waals surface area (Å²) < 4.78 is 0. The number of carbonyl (C=O) groups is 2. The molecule has 2 aromatic rings. The van der Waals surface area contributed by atoms with Crippen molar-refractivity contribution in [1.29, 1.82) is 0 Å². The maximum absolute atomic E-state index is 12.9. The number of amides is 3. The van der Waals surface area contributed by atoms with E-state index in [0.717, 1.165) is 63.0 Å². The minimum absolute atomic E-state index is 0.0415. The molecule has 3 amide bonds. The first-order valence-corrected chi connectivity index (χ1v) is 13.5. The smallest absolute Gasteiger partial charge is 0.321 e. The van der Waals surface area contributed by atoms with E-state index in [1.807, 2.05) is 29.3 Å². The molecule has 6 nitrogen and oxygen atoms in total. The van der Waals surface area contributed by atoms with Crippen LogP contribution in [0.3, 0.4) is 0 Å². The summed E-state index contributed by atoms with van der Waals surface area (Å²) in [6.45, 7) is 3.20. The molecule has 1 N–H and O–H groups in total. The lowest BCUT2D eigenvalue weighted by Crippen LogP contribution is -2.50.